The zero-order valence-electron chi connectivity index (χ0n) is 19.0. The van der Waals surface area contributed by atoms with E-state index in [4.69, 9.17) is 10.5 Å². The Hall–Kier alpha value is -4.34. The number of hydrogen-bond acceptors (Lipinski definition) is 6. The van der Waals surface area contributed by atoms with Crippen molar-refractivity contribution >= 4 is 23.1 Å². The number of benzene rings is 1. The second-order valence-electron chi connectivity index (χ2n) is 7.81. The molecular weight excluding hydrogens is 436 g/mol. The summed E-state index contributed by atoms with van der Waals surface area (Å²) in [5.41, 5.74) is 6.59. The second kappa shape index (κ2) is 9.65. The first kappa shape index (κ1) is 22.8. The van der Waals surface area contributed by atoms with Crippen molar-refractivity contribution in [3.05, 3.63) is 87.0 Å². The van der Waals surface area contributed by atoms with E-state index in [2.05, 4.69) is 9.97 Å². The smallest absolute Gasteiger partial charge is 0.330 e. The Morgan fingerprint density at radius 2 is 2.00 bits per heavy atom. The van der Waals surface area contributed by atoms with Crippen LogP contribution in [0.2, 0.25) is 0 Å². The molecule has 0 radical (unpaired) electrons. The number of anilines is 2. The standard InChI is InChI=1S/C24H26N6O4/c1-3-4-12-29-21(25)20(22(31)27-24(29)33)30(15-16-7-5-6-8-18(16)34-2)23(32)17-9-10-19-26-11-13-28(19)14-17/h5-11,13-14H,3-4,12,15,25H2,1-2H3,(H,27,31,33). The summed E-state index contributed by atoms with van der Waals surface area (Å²) in [5.74, 6) is 0.0354. The van der Waals surface area contributed by atoms with E-state index in [1.54, 1.807) is 47.3 Å². The number of nitrogens with zero attached hydrogens (tertiary/aromatic N) is 4. The summed E-state index contributed by atoms with van der Waals surface area (Å²) in [7, 11) is 1.53. The van der Waals surface area contributed by atoms with Crippen LogP contribution in [-0.2, 0) is 13.1 Å². The fourth-order valence-corrected chi connectivity index (χ4v) is 3.84. The summed E-state index contributed by atoms with van der Waals surface area (Å²) in [6.07, 6.45) is 6.51. The zero-order valence-corrected chi connectivity index (χ0v) is 19.0. The Labute approximate surface area is 195 Å². The number of carbonyl (C=O) groups is 1. The lowest BCUT2D eigenvalue weighted by atomic mass is 10.1. The van der Waals surface area contributed by atoms with E-state index in [9.17, 15) is 14.4 Å². The SMILES string of the molecule is CCCCn1c(N)c(N(Cc2ccccc2OC)C(=O)c2ccc3nccn3c2)c(=O)[nH]c1=O. The number of aromatic amines is 1. The number of nitrogen functional groups attached to an aromatic ring is 1. The van der Waals surface area contributed by atoms with Gasteiger partial charge in [-0.2, -0.15) is 0 Å². The first-order valence-electron chi connectivity index (χ1n) is 10.9. The topological polar surface area (TPSA) is 128 Å². The van der Waals surface area contributed by atoms with Crippen LogP contribution in [0.15, 0.2) is 64.6 Å². The van der Waals surface area contributed by atoms with Gasteiger partial charge in [-0.25, -0.2) is 9.78 Å². The van der Waals surface area contributed by atoms with E-state index in [0.29, 0.717) is 35.5 Å². The number of amides is 1. The Morgan fingerprint density at radius 3 is 2.76 bits per heavy atom. The normalized spacial score (nSPS) is 11.0. The molecule has 0 aliphatic carbocycles. The number of rotatable bonds is 8. The third kappa shape index (κ3) is 4.29. The van der Waals surface area contributed by atoms with Gasteiger partial charge in [-0.1, -0.05) is 31.5 Å². The number of unbranched alkanes of at least 4 members (excludes halogenated alkanes) is 1. The first-order chi connectivity index (χ1) is 16.4. The maximum Gasteiger partial charge on any atom is 0.330 e. The van der Waals surface area contributed by atoms with Crippen LogP contribution < -0.4 is 26.6 Å². The molecule has 0 saturated carbocycles. The summed E-state index contributed by atoms with van der Waals surface area (Å²) >= 11 is 0. The van der Waals surface area contributed by atoms with Crippen LogP contribution in [0.25, 0.3) is 5.65 Å². The quantitative estimate of drug-likeness (QED) is 0.414. The molecule has 34 heavy (non-hydrogen) atoms. The average Bonchev–Trinajstić information content (AvgIpc) is 3.31. The van der Waals surface area contributed by atoms with E-state index in [1.165, 1.54) is 16.6 Å². The lowest BCUT2D eigenvalue weighted by Gasteiger charge is -2.25. The van der Waals surface area contributed by atoms with Crippen molar-refractivity contribution < 1.29 is 9.53 Å². The lowest BCUT2D eigenvalue weighted by Crippen LogP contribution is -2.41. The minimum Gasteiger partial charge on any atom is -0.496 e. The van der Waals surface area contributed by atoms with Gasteiger partial charge in [0.1, 0.15) is 17.2 Å². The van der Waals surface area contributed by atoms with Gasteiger partial charge in [0.05, 0.1) is 19.2 Å². The molecule has 10 heteroatoms. The van der Waals surface area contributed by atoms with Crippen molar-refractivity contribution in [2.45, 2.75) is 32.9 Å². The number of aromatic nitrogens is 4. The summed E-state index contributed by atoms with van der Waals surface area (Å²) in [6.45, 7) is 2.31. The molecule has 3 aromatic heterocycles. The van der Waals surface area contributed by atoms with Crippen molar-refractivity contribution in [1.82, 2.24) is 18.9 Å². The highest BCUT2D eigenvalue weighted by Gasteiger charge is 2.27. The number of imidazole rings is 1. The number of ether oxygens (including phenoxy) is 1. The van der Waals surface area contributed by atoms with E-state index in [0.717, 1.165) is 6.42 Å². The third-order valence-electron chi connectivity index (χ3n) is 5.62. The molecule has 0 bridgehead atoms. The fourth-order valence-electron chi connectivity index (χ4n) is 3.84. The lowest BCUT2D eigenvalue weighted by molar-refractivity contribution is 0.0984. The number of hydrogen-bond donors (Lipinski definition) is 2. The van der Waals surface area contributed by atoms with Gasteiger partial charge in [0, 0.05) is 30.7 Å². The van der Waals surface area contributed by atoms with Gasteiger partial charge in [-0.3, -0.25) is 24.0 Å². The van der Waals surface area contributed by atoms with Crippen LogP contribution >= 0.6 is 0 Å². The van der Waals surface area contributed by atoms with Crippen LogP contribution in [0, 0.1) is 0 Å². The van der Waals surface area contributed by atoms with E-state index in [-0.39, 0.29) is 18.1 Å². The van der Waals surface area contributed by atoms with Crippen molar-refractivity contribution in [1.29, 1.82) is 0 Å². The molecule has 0 aliphatic rings. The highest BCUT2D eigenvalue weighted by Crippen LogP contribution is 2.26. The molecule has 0 aliphatic heterocycles. The molecule has 176 valence electrons. The highest BCUT2D eigenvalue weighted by molar-refractivity contribution is 6.07. The third-order valence-corrected chi connectivity index (χ3v) is 5.62. The molecule has 0 fully saturated rings. The van der Waals surface area contributed by atoms with Gasteiger partial charge in [-0.05, 0) is 24.6 Å². The monoisotopic (exact) mass is 462 g/mol. The molecule has 0 unspecified atom stereocenters. The van der Waals surface area contributed by atoms with Crippen molar-refractivity contribution in [3.8, 4) is 5.75 Å². The molecule has 3 N–H and O–H groups in total. The number of methoxy groups -OCH3 is 1. The fraction of sp³-hybridized carbons (Fsp3) is 0.250. The van der Waals surface area contributed by atoms with E-state index >= 15 is 0 Å². The number of H-pyrrole nitrogens is 1. The molecule has 4 aromatic rings. The summed E-state index contributed by atoms with van der Waals surface area (Å²) < 4.78 is 8.45. The average molecular weight is 463 g/mol. The maximum absolute atomic E-state index is 13.8. The Kier molecular flexibility index (Phi) is 6.48. The number of fused-ring (bicyclic) bond motifs is 1. The van der Waals surface area contributed by atoms with Gasteiger partial charge in [0.25, 0.3) is 11.5 Å². The molecular formula is C24H26N6O4. The molecule has 3 heterocycles. The number of carbonyl (C=O) groups excluding carboxylic acids is 1. The minimum absolute atomic E-state index is 0.00404. The van der Waals surface area contributed by atoms with Crippen LogP contribution in [0.3, 0.4) is 0 Å². The molecule has 10 nitrogen and oxygen atoms in total. The van der Waals surface area contributed by atoms with Gasteiger partial charge >= 0.3 is 5.69 Å². The zero-order chi connectivity index (χ0) is 24.2. The van der Waals surface area contributed by atoms with Gasteiger partial charge in [0.2, 0.25) is 0 Å². The molecule has 4 rings (SSSR count). The van der Waals surface area contributed by atoms with Crippen LogP contribution in [0.1, 0.15) is 35.7 Å². The van der Waals surface area contributed by atoms with Crippen LogP contribution in [-0.4, -0.2) is 32.0 Å². The Bertz CT molecular complexity index is 1450. The van der Waals surface area contributed by atoms with Crippen LogP contribution in [0.5, 0.6) is 5.75 Å². The first-order valence-corrected chi connectivity index (χ1v) is 10.9. The maximum atomic E-state index is 13.8. The van der Waals surface area contributed by atoms with Crippen molar-refractivity contribution in [2.24, 2.45) is 0 Å². The molecule has 0 atom stereocenters. The number of nitrogens with one attached hydrogen (secondary N) is 1. The number of pyridine rings is 1. The Balaban J connectivity index is 1.88. The molecule has 1 aromatic carbocycles. The van der Waals surface area contributed by atoms with Crippen molar-refractivity contribution in [3.63, 3.8) is 0 Å². The van der Waals surface area contributed by atoms with Crippen molar-refractivity contribution in [2.75, 3.05) is 17.7 Å². The number of nitrogens with two attached hydrogens (primary N) is 1. The summed E-state index contributed by atoms with van der Waals surface area (Å²) in [6, 6.07) is 10.5. The van der Waals surface area contributed by atoms with Gasteiger partial charge in [0.15, 0.2) is 5.69 Å². The number of para-hydroxylation sites is 1. The summed E-state index contributed by atoms with van der Waals surface area (Å²) in [4.78, 5) is 47.0. The summed E-state index contributed by atoms with van der Waals surface area (Å²) in [5, 5.41) is 0. The molecule has 0 spiro atoms. The highest BCUT2D eigenvalue weighted by atomic mass is 16.5. The Morgan fingerprint density at radius 1 is 1.21 bits per heavy atom. The van der Waals surface area contributed by atoms with Crippen LogP contribution in [0.4, 0.5) is 11.5 Å². The minimum atomic E-state index is -0.734. The second-order valence-corrected chi connectivity index (χ2v) is 7.81. The predicted octanol–water partition coefficient (Wildman–Crippen LogP) is 2.42. The largest absolute Gasteiger partial charge is 0.496 e. The molecule has 1 amide bonds. The van der Waals surface area contributed by atoms with Gasteiger partial charge in [-0.15, -0.1) is 0 Å². The van der Waals surface area contributed by atoms with Gasteiger partial charge < -0.3 is 14.9 Å². The van der Waals surface area contributed by atoms with E-state index < -0.39 is 17.2 Å². The molecule has 0 saturated heterocycles. The predicted molar refractivity (Wildman–Crippen MR) is 129 cm³/mol. The van der Waals surface area contributed by atoms with E-state index in [1.807, 2.05) is 19.1 Å².